The summed E-state index contributed by atoms with van der Waals surface area (Å²) in [5.41, 5.74) is 0.683. The Kier molecular flexibility index (Phi) is 18.6. The number of nitrogens with one attached hydrogen (secondary N) is 5. The monoisotopic (exact) mass is 934 g/mol. The molecule has 352 valence electrons. The number of Topliss-reactive ketones (excluding diaryl/α,β-unsaturated/α-hetero) is 1. The number of ketones is 1. The zero-order valence-electron chi connectivity index (χ0n) is 35.8. The van der Waals surface area contributed by atoms with Crippen LogP contribution in [0, 0.1) is 23.5 Å². The van der Waals surface area contributed by atoms with Gasteiger partial charge in [-0.1, -0.05) is 64.4 Å². The van der Waals surface area contributed by atoms with E-state index in [-0.39, 0.29) is 43.7 Å². The molecule has 0 aliphatic carbocycles. The molecule has 2 heterocycles. The van der Waals surface area contributed by atoms with Crippen LogP contribution in [0.1, 0.15) is 69.4 Å². The molecule has 18 nitrogen and oxygen atoms in total. The summed E-state index contributed by atoms with van der Waals surface area (Å²) < 4.78 is 87.1. The zero-order chi connectivity index (χ0) is 48.0. The van der Waals surface area contributed by atoms with Crippen molar-refractivity contribution in [3.05, 3.63) is 90.0 Å². The molecule has 0 spiro atoms. The fourth-order valence-corrected chi connectivity index (χ4v) is 7.63. The molecule has 65 heavy (non-hydrogen) atoms. The van der Waals surface area contributed by atoms with Crippen LogP contribution >= 0.6 is 0 Å². The highest BCUT2D eigenvalue weighted by atomic mass is 32.2. The first-order valence-electron chi connectivity index (χ1n) is 20.4. The quantitative estimate of drug-likeness (QED) is 0.0717. The van der Waals surface area contributed by atoms with E-state index >= 15 is 0 Å². The molecule has 6 amide bonds. The van der Waals surface area contributed by atoms with Crippen molar-refractivity contribution in [2.45, 2.75) is 102 Å². The molecule has 0 saturated carbocycles. The van der Waals surface area contributed by atoms with Crippen LogP contribution in [-0.4, -0.2) is 114 Å². The van der Waals surface area contributed by atoms with Crippen LogP contribution in [0.2, 0.25) is 0 Å². The number of hydrogen-bond acceptors (Lipinski definition) is 12. The number of hydrogen-bond donors (Lipinski definition) is 5. The number of benzene rings is 2. The highest BCUT2D eigenvalue weighted by Gasteiger charge is 2.45. The van der Waals surface area contributed by atoms with Gasteiger partial charge in [0.1, 0.15) is 29.9 Å². The number of nitrogens with zero attached hydrogens (tertiary/aromatic N) is 3. The molecule has 6 atom stereocenters. The number of aromatic nitrogens is 2. The molecule has 2 aromatic carbocycles. The van der Waals surface area contributed by atoms with E-state index in [0.717, 1.165) is 10.5 Å². The number of rotatable bonds is 22. The van der Waals surface area contributed by atoms with Gasteiger partial charge in [-0.05, 0) is 42.0 Å². The Hall–Kier alpha value is -6.36. The summed E-state index contributed by atoms with van der Waals surface area (Å²) in [5, 5.41) is 9.26. The third-order valence-electron chi connectivity index (χ3n) is 10.2. The minimum absolute atomic E-state index is 0.0398. The molecule has 0 radical (unpaired) electrons. The van der Waals surface area contributed by atoms with E-state index in [2.05, 4.69) is 25.9 Å². The summed E-state index contributed by atoms with van der Waals surface area (Å²) in [6, 6.07) is 4.11. The second-order valence-electron chi connectivity index (χ2n) is 15.6. The average molecular weight is 935 g/mol. The SMILES string of the molecule is CC[C@@H](C)[C@@H](NC(=O)[C@H](CC(C)C)NC(=O)c1cnccn1)C(=O)N1C[C@H](OCc2ccccc2)C[C@H]1C(=O)N[C@@H](CC(F)F)C(=O)C(=O)NCC(=O)NS(=O)(=O)c1ccc(F)c(F)c1. The van der Waals surface area contributed by atoms with Gasteiger partial charge in [-0.3, -0.25) is 38.5 Å². The van der Waals surface area contributed by atoms with E-state index in [1.54, 1.807) is 49.5 Å². The van der Waals surface area contributed by atoms with Gasteiger partial charge in [0, 0.05) is 31.8 Å². The molecule has 0 unspecified atom stereocenters. The van der Waals surface area contributed by atoms with E-state index in [0.29, 0.717) is 18.6 Å². The Morgan fingerprint density at radius 1 is 0.892 bits per heavy atom. The summed E-state index contributed by atoms with van der Waals surface area (Å²) in [4.78, 5) is 102. The minimum atomic E-state index is -4.79. The lowest BCUT2D eigenvalue weighted by molar-refractivity contribution is -0.144. The lowest BCUT2D eigenvalue weighted by Gasteiger charge is -2.33. The molecule has 1 saturated heterocycles. The second kappa shape index (κ2) is 23.5. The molecular formula is C42H50F4N8O10S. The van der Waals surface area contributed by atoms with Gasteiger partial charge >= 0.3 is 0 Å². The Bertz CT molecular complexity index is 2300. The van der Waals surface area contributed by atoms with Crippen LogP contribution in [0.15, 0.2) is 72.0 Å². The minimum Gasteiger partial charge on any atom is -0.372 e. The van der Waals surface area contributed by atoms with Crippen LogP contribution in [0.25, 0.3) is 0 Å². The molecule has 23 heteroatoms. The Labute approximate surface area is 372 Å². The van der Waals surface area contributed by atoms with Gasteiger partial charge in [0.2, 0.25) is 29.9 Å². The lowest BCUT2D eigenvalue weighted by atomic mass is 9.96. The second-order valence-corrected chi connectivity index (χ2v) is 17.3. The van der Waals surface area contributed by atoms with Crippen LogP contribution in [0.4, 0.5) is 17.6 Å². The highest BCUT2D eigenvalue weighted by molar-refractivity contribution is 7.90. The first-order chi connectivity index (χ1) is 30.7. The topological polar surface area (TPSA) is 252 Å². The van der Waals surface area contributed by atoms with Crippen LogP contribution in [0.3, 0.4) is 0 Å². The lowest BCUT2D eigenvalue weighted by Crippen LogP contribution is -2.59. The predicted molar refractivity (Wildman–Crippen MR) is 222 cm³/mol. The maximum atomic E-state index is 14.6. The molecule has 4 rings (SSSR count). The number of amides is 6. The number of alkyl halides is 2. The number of ether oxygens (including phenoxy) is 1. The van der Waals surface area contributed by atoms with Gasteiger partial charge in [0.05, 0.1) is 30.3 Å². The molecule has 3 aromatic rings. The fourth-order valence-electron chi connectivity index (χ4n) is 6.64. The van der Waals surface area contributed by atoms with E-state index < -0.39 is 123 Å². The first-order valence-corrected chi connectivity index (χ1v) is 21.9. The van der Waals surface area contributed by atoms with Crippen molar-refractivity contribution in [3.8, 4) is 0 Å². The van der Waals surface area contributed by atoms with Crippen LogP contribution in [-0.2, 0) is 50.1 Å². The highest BCUT2D eigenvalue weighted by Crippen LogP contribution is 2.26. The maximum absolute atomic E-state index is 14.6. The van der Waals surface area contributed by atoms with Crippen molar-refractivity contribution in [3.63, 3.8) is 0 Å². The van der Waals surface area contributed by atoms with E-state index in [9.17, 15) is 59.5 Å². The van der Waals surface area contributed by atoms with E-state index in [4.69, 9.17) is 4.74 Å². The third-order valence-corrected chi connectivity index (χ3v) is 11.6. The van der Waals surface area contributed by atoms with E-state index in [1.165, 1.54) is 23.3 Å². The van der Waals surface area contributed by atoms with E-state index in [1.807, 2.05) is 13.8 Å². The maximum Gasteiger partial charge on any atom is 0.290 e. The Morgan fingerprint density at radius 3 is 2.22 bits per heavy atom. The number of carbonyl (C=O) groups is 7. The number of carbonyl (C=O) groups excluding carboxylic acids is 7. The number of sulfonamides is 1. The normalized spacial score (nSPS) is 16.8. The zero-order valence-corrected chi connectivity index (χ0v) is 36.6. The van der Waals surface area contributed by atoms with Crippen molar-refractivity contribution in [1.29, 1.82) is 0 Å². The average Bonchev–Trinajstić information content (AvgIpc) is 3.71. The molecule has 1 aliphatic heterocycles. The third kappa shape index (κ3) is 14.8. The standard InChI is InChI=1S/C42H50F4N8O10S/c1-5-24(4)36(52-38(57)31(15-23(2)3)51-39(58)32-19-47-13-14-48-32)42(61)54-21-26(64-22-25-9-7-6-8-10-25)16-33(54)40(59)50-30(18-34(45)46)37(56)41(60)49-20-35(55)53-65(62,63)27-11-12-28(43)29(44)17-27/h6-14,17,19,23-24,26,30-31,33-34,36H,5,15-16,18,20-22H2,1-4H3,(H,49,60)(H,50,59)(H,51,58)(H,52,57)(H,53,55)/t24-,26-,30+,31+,33+,36-/m1/s1. The molecular weight excluding hydrogens is 885 g/mol. The molecule has 1 fully saturated rings. The first kappa shape index (κ1) is 51.3. The summed E-state index contributed by atoms with van der Waals surface area (Å²) in [6.45, 7) is 5.65. The number of likely N-dealkylation sites (tertiary alicyclic amines) is 1. The fraction of sp³-hybridized carbons (Fsp3) is 0.452. The Morgan fingerprint density at radius 2 is 1.60 bits per heavy atom. The molecule has 5 N–H and O–H groups in total. The van der Waals surface area contributed by atoms with Crippen molar-refractivity contribution in [2.75, 3.05) is 13.1 Å². The van der Waals surface area contributed by atoms with Gasteiger partial charge in [-0.15, -0.1) is 0 Å². The summed E-state index contributed by atoms with van der Waals surface area (Å²) >= 11 is 0. The van der Waals surface area contributed by atoms with Gasteiger partial charge in [-0.2, -0.15) is 0 Å². The molecule has 1 aliphatic rings. The van der Waals surface area contributed by atoms with Gasteiger partial charge in [0.25, 0.3) is 27.7 Å². The number of halogens is 4. The van der Waals surface area contributed by atoms with Crippen molar-refractivity contribution in [1.82, 2.24) is 40.9 Å². The van der Waals surface area contributed by atoms with Crippen molar-refractivity contribution >= 4 is 51.2 Å². The van der Waals surface area contributed by atoms with Crippen LogP contribution < -0.4 is 26.0 Å². The summed E-state index contributed by atoms with van der Waals surface area (Å²) in [7, 11) is -4.79. The van der Waals surface area contributed by atoms with Crippen LogP contribution in [0.5, 0.6) is 0 Å². The molecule has 0 bridgehead atoms. The predicted octanol–water partition coefficient (Wildman–Crippen LogP) is 1.95. The van der Waals surface area contributed by atoms with Gasteiger partial charge in [-0.25, -0.2) is 35.7 Å². The summed E-state index contributed by atoms with van der Waals surface area (Å²) in [5.74, 6) is -11.7. The smallest absolute Gasteiger partial charge is 0.290 e. The largest absolute Gasteiger partial charge is 0.372 e. The van der Waals surface area contributed by atoms with Crippen molar-refractivity contribution in [2.24, 2.45) is 11.8 Å². The van der Waals surface area contributed by atoms with Crippen molar-refractivity contribution < 1.29 is 64.3 Å². The Balaban J connectivity index is 1.54. The van der Waals surface area contributed by atoms with Gasteiger partial charge < -0.3 is 30.9 Å². The van der Waals surface area contributed by atoms with Gasteiger partial charge in [0.15, 0.2) is 11.6 Å². The molecule has 1 aromatic heterocycles. The summed E-state index contributed by atoms with van der Waals surface area (Å²) in [6.07, 6.45) is -1.36.